The molecule has 158 valence electrons. The largest absolute Gasteiger partial charge is 0.309 e. The first-order valence-corrected chi connectivity index (χ1v) is 12.4. The Morgan fingerprint density at radius 3 is 2.12 bits per heavy atom. The molecule has 0 spiro atoms. The molecule has 2 aromatic heterocycles. The number of hydrogen-bond acceptors (Lipinski definition) is 1. The normalized spacial score (nSPS) is 12.1. The first kappa shape index (κ1) is 18.3. The molecule has 0 saturated heterocycles. The van der Waals surface area contributed by atoms with Crippen LogP contribution in [0.4, 0.5) is 0 Å². The maximum Gasteiger partial charge on any atom is 0.0548 e. The summed E-state index contributed by atoms with van der Waals surface area (Å²) < 4.78 is 5.13. The zero-order valence-electron chi connectivity index (χ0n) is 18.3. The van der Waals surface area contributed by atoms with Crippen LogP contribution in [0.15, 0.2) is 115 Å². The van der Waals surface area contributed by atoms with Gasteiger partial charge in [0, 0.05) is 36.6 Å². The van der Waals surface area contributed by atoms with Crippen molar-refractivity contribution in [3.8, 4) is 5.69 Å². The molecule has 8 rings (SSSR count). The number of para-hydroxylation sites is 1. The number of benzene rings is 6. The van der Waals surface area contributed by atoms with Gasteiger partial charge in [0.25, 0.3) is 0 Å². The fourth-order valence-corrected chi connectivity index (χ4v) is 6.80. The highest BCUT2D eigenvalue weighted by atomic mass is 32.1. The van der Waals surface area contributed by atoms with E-state index in [-0.39, 0.29) is 0 Å². The molecule has 0 saturated carbocycles. The van der Waals surface area contributed by atoms with Crippen LogP contribution in [0.5, 0.6) is 0 Å². The number of hydrogen-bond donors (Lipinski definition) is 0. The summed E-state index contributed by atoms with van der Waals surface area (Å²) in [5, 5.41) is 10.6. The molecule has 0 amide bonds. The van der Waals surface area contributed by atoms with E-state index in [0.29, 0.717) is 0 Å². The van der Waals surface area contributed by atoms with Crippen LogP contribution in [0.25, 0.3) is 69.2 Å². The fourth-order valence-electron chi connectivity index (χ4n) is 5.68. The predicted molar refractivity (Wildman–Crippen MR) is 149 cm³/mol. The maximum absolute atomic E-state index is 2.44. The second-order valence-corrected chi connectivity index (χ2v) is 10.1. The molecule has 0 N–H and O–H groups in total. The summed E-state index contributed by atoms with van der Waals surface area (Å²) in [5.74, 6) is 0. The van der Waals surface area contributed by atoms with Crippen molar-refractivity contribution in [1.82, 2.24) is 4.57 Å². The van der Waals surface area contributed by atoms with E-state index in [0.717, 1.165) is 0 Å². The lowest BCUT2D eigenvalue weighted by Gasteiger charge is -2.09. The second kappa shape index (κ2) is 6.69. The summed E-state index contributed by atoms with van der Waals surface area (Å²) in [4.78, 5) is 0. The number of aromatic nitrogens is 1. The summed E-state index contributed by atoms with van der Waals surface area (Å²) in [5.41, 5.74) is 3.71. The van der Waals surface area contributed by atoms with Crippen molar-refractivity contribution in [2.75, 3.05) is 0 Å². The van der Waals surface area contributed by atoms with Crippen molar-refractivity contribution in [2.45, 2.75) is 0 Å². The first-order valence-electron chi connectivity index (χ1n) is 11.6. The first-order chi connectivity index (χ1) is 16.9. The molecule has 0 radical (unpaired) electrons. The van der Waals surface area contributed by atoms with Crippen molar-refractivity contribution in [1.29, 1.82) is 0 Å². The lowest BCUT2D eigenvalue weighted by molar-refractivity contribution is 1.18. The molecule has 6 aromatic carbocycles. The highest BCUT2D eigenvalue weighted by Crippen LogP contribution is 2.43. The van der Waals surface area contributed by atoms with Crippen LogP contribution < -0.4 is 0 Å². The van der Waals surface area contributed by atoms with Gasteiger partial charge >= 0.3 is 0 Å². The average Bonchev–Trinajstić information content (AvgIpc) is 3.42. The lowest BCUT2D eigenvalue weighted by Crippen LogP contribution is -1.93. The van der Waals surface area contributed by atoms with Gasteiger partial charge in [-0.1, -0.05) is 78.9 Å². The van der Waals surface area contributed by atoms with Gasteiger partial charge in [-0.2, -0.15) is 0 Å². The number of thiophene rings is 1. The Morgan fingerprint density at radius 2 is 1.21 bits per heavy atom. The van der Waals surface area contributed by atoms with E-state index in [1.807, 2.05) is 11.3 Å². The molecule has 34 heavy (non-hydrogen) atoms. The SMILES string of the molecule is c1ccc(-n2c3cc4c(cc3c3c5ccc6ccccc6c5ccc32)sc2ccccc24)cc1. The molecule has 1 nitrogen and oxygen atoms in total. The van der Waals surface area contributed by atoms with E-state index in [1.54, 1.807) is 0 Å². The monoisotopic (exact) mass is 449 g/mol. The summed E-state index contributed by atoms with van der Waals surface area (Å²) in [6, 6.07) is 42.2. The summed E-state index contributed by atoms with van der Waals surface area (Å²) in [6.07, 6.45) is 0. The summed E-state index contributed by atoms with van der Waals surface area (Å²) in [7, 11) is 0. The molecular weight excluding hydrogens is 430 g/mol. The Kier molecular flexibility index (Phi) is 3.60. The molecule has 0 unspecified atom stereocenters. The quantitative estimate of drug-likeness (QED) is 0.220. The zero-order chi connectivity index (χ0) is 22.2. The van der Waals surface area contributed by atoms with E-state index in [2.05, 4.69) is 120 Å². The van der Waals surface area contributed by atoms with Gasteiger partial charge in [-0.05, 0) is 57.9 Å². The second-order valence-electron chi connectivity index (χ2n) is 8.98. The van der Waals surface area contributed by atoms with Gasteiger partial charge in [-0.15, -0.1) is 11.3 Å². The lowest BCUT2D eigenvalue weighted by atomic mass is 9.98. The molecular formula is C32H19NS. The van der Waals surface area contributed by atoms with Gasteiger partial charge in [0.2, 0.25) is 0 Å². The van der Waals surface area contributed by atoms with Crippen LogP contribution in [0.1, 0.15) is 0 Å². The Balaban J connectivity index is 1.63. The molecule has 2 heteroatoms. The van der Waals surface area contributed by atoms with Gasteiger partial charge in [0.15, 0.2) is 0 Å². The molecule has 0 bridgehead atoms. The minimum absolute atomic E-state index is 1.20. The molecule has 0 aliphatic rings. The number of rotatable bonds is 1. The van der Waals surface area contributed by atoms with Crippen LogP contribution in [0, 0.1) is 0 Å². The molecule has 2 heterocycles. The van der Waals surface area contributed by atoms with E-state index in [1.165, 1.54) is 69.2 Å². The Bertz CT molecular complexity index is 2060. The number of fused-ring (bicyclic) bond motifs is 10. The van der Waals surface area contributed by atoms with E-state index < -0.39 is 0 Å². The predicted octanol–water partition coefficient (Wildman–Crippen LogP) is 9.46. The Hall–Kier alpha value is -4.14. The van der Waals surface area contributed by atoms with Crippen molar-refractivity contribution < 1.29 is 0 Å². The van der Waals surface area contributed by atoms with Crippen LogP contribution in [-0.4, -0.2) is 4.57 Å². The van der Waals surface area contributed by atoms with E-state index in [9.17, 15) is 0 Å². The van der Waals surface area contributed by atoms with Crippen molar-refractivity contribution in [2.24, 2.45) is 0 Å². The maximum atomic E-state index is 2.44. The molecule has 0 fully saturated rings. The van der Waals surface area contributed by atoms with Gasteiger partial charge in [0.1, 0.15) is 0 Å². The third-order valence-electron chi connectivity index (χ3n) is 7.16. The highest BCUT2D eigenvalue weighted by Gasteiger charge is 2.18. The van der Waals surface area contributed by atoms with Crippen LogP contribution in [0.3, 0.4) is 0 Å². The van der Waals surface area contributed by atoms with E-state index >= 15 is 0 Å². The molecule has 0 atom stereocenters. The van der Waals surface area contributed by atoms with Crippen molar-refractivity contribution >= 4 is 74.9 Å². The minimum Gasteiger partial charge on any atom is -0.309 e. The molecule has 0 aliphatic heterocycles. The van der Waals surface area contributed by atoms with Gasteiger partial charge in [-0.25, -0.2) is 0 Å². The fraction of sp³-hybridized carbons (Fsp3) is 0. The summed E-state index contributed by atoms with van der Waals surface area (Å²) >= 11 is 1.89. The smallest absolute Gasteiger partial charge is 0.0548 e. The van der Waals surface area contributed by atoms with Gasteiger partial charge in [-0.3, -0.25) is 0 Å². The van der Waals surface area contributed by atoms with Crippen LogP contribution in [0.2, 0.25) is 0 Å². The van der Waals surface area contributed by atoms with Crippen molar-refractivity contribution in [3.05, 3.63) is 115 Å². The zero-order valence-corrected chi connectivity index (χ0v) is 19.1. The average molecular weight is 450 g/mol. The third-order valence-corrected chi connectivity index (χ3v) is 8.30. The highest BCUT2D eigenvalue weighted by molar-refractivity contribution is 7.25. The minimum atomic E-state index is 1.20. The molecule has 0 aliphatic carbocycles. The Labute approximate surface area is 200 Å². The topological polar surface area (TPSA) is 4.93 Å². The molecule has 8 aromatic rings. The standard InChI is InChI=1S/C32H19NS/c1-2-9-21(10-3-1)33-28-17-16-23-22-11-5-4-8-20(22)14-15-25(23)32(28)27-19-31-26(18-29(27)33)24-12-6-7-13-30(24)34-31/h1-19H. The van der Waals surface area contributed by atoms with Crippen LogP contribution >= 0.6 is 11.3 Å². The van der Waals surface area contributed by atoms with Crippen LogP contribution in [-0.2, 0) is 0 Å². The van der Waals surface area contributed by atoms with E-state index in [4.69, 9.17) is 0 Å². The van der Waals surface area contributed by atoms with Crippen molar-refractivity contribution in [3.63, 3.8) is 0 Å². The van der Waals surface area contributed by atoms with Gasteiger partial charge < -0.3 is 4.57 Å². The Morgan fingerprint density at radius 1 is 0.441 bits per heavy atom. The van der Waals surface area contributed by atoms with Gasteiger partial charge in [0.05, 0.1) is 11.0 Å². The third kappa shape index (κ3) is 2.38. The summed E-state index contributed by atoms with van der Waals surface area (Å²) in [6.45, 7) is 0. The number of nitrogens with zero attached hydrogens (tertiary/aromatic N) is 1.